The second kappa shape index (κ2) is 6.34. The highest BCUT2D eigenvalue weighted by molar-refractivity contribution is 9.10. The molecule has 1 aliphatic heterocycles. The second-order valence-corrected chi connectivity index (χ2v) is 5.51. The normalized spacial score (nSPS) is 22.3. The largest absolute Gasteiger partial charge is 0.376 e. The number of halogens is 1. The number of nitrogens with one attached hydrogen (secondary N) is 2. The van der Waals surface area contributed by atoms with Crippen LogP contribution in [0, 0.1) is 6.92 Å². The summed E-state index contributed by atoms with van der Waals surface area (Å²) in [6.07, 6.45) is 3.59. The van der Waals surface area contributed by atoms with Gasteiger partial charge in [-0.1, -0.05) is 6.92 Å². The molecule has 0 radical (unpaired) electrons. The molecule has 6 heteroatoms. The third-order valence-corrected chi connectivity index (χ3v) is 3.66. The first-order valence-corrected chi connectivity index (χ1v) is 7.20. The number of urea groups is 1. The van der Waals surface area contributed by atoms with Gasteiger partial charge in [-0.2, -0.15) is 0 Å². The van der Waals surface area contributed by atoms with E-state index in [2.05, 4.69) is 38.5 Å². The van der Waals surface area contributed by atoms with E-state index in [0.717, 1.165) is 23.0 Å². The summed E-state index contributed by atoms with van der Waals surface area (Å²) in [5, 5.41) is 5.78. The van der Waals surface area contributed by atoms with E-state index in [4.69, 9.17) is 4.74 Å². The highest BCUT2D eigenvalue weighted by Gasteiger charge is 2.28. The van der Waals surface area contributed by atoms with E-state index in [-0.39, 0.29) is 18.2 Å². The van der Waals surface area contributed by atoms with Gasteiger partial charge in [0.2, 0.25) is 0 Å². The van der Waals surface area contributed by atoms with Gasteiger partial charge in [0.25, 0.3) is 0 Å². The number of pyridine rings is 1. The first kappa shape index (κ1) is 14.3. The third kappa shape index (κ3) is 3.67. The number of aromatic nitrogens is 1. The maximum atomic E-state index is 12.0. The molecule has 2 atom stereocenters. The zero-order chi connectivity index (χ0) is 13.8. The van der Waals surface area contributed by atoms with E-state index in [9.17, 15) is 4.79 Å². The van der Waals surface area contributed by atoms with Gasteiger partial charge in [0.05, 0.1) is 23.5 Å². The summed E-state index contributed by atoms with van der Waals surface area (Å²) in [6, 6.07) is 1.71. The van der Waals surface area contributed by atoms with Crippen LogP contribution >= 0.6 is 15.9 Å². The van der Waals surface area contributed by atoms with Crippen molar-refractivity contribution in [3.63, 3.8) is 0 Å². The SMILES string of the molecule is CC[C@H]1OCC[C@@H]1NC(=O)Nc1cc(Br)cnc1C. The molecule has 0 spiro atoms. The standard InChI is InChI=1S/C13H18BrN3O2/c1-3-12-10(4-5-19-12)16-13(18)17-11-6-9(14)7-15-8(11)2/h6-7,10,12H,3-5H2,1-2H3,(H2,16,17,18)/t10-,12+/m0/s1. The van der Waals surface area contributed by atoms with E-state index in [1.165, 1.54) is 0 Å². The molecule has 0 saturated carbocycles. The van der Waals surface area contributed by atoms with Crippen LogP contribution in [0.1, 0.15) is 25.5 Å². The van der Waals surface area contributed by atoms with Gasteiger partial charge >= 0.3 is 6.03 Å². The number of carbonyl (C=O) groups excluding carboxylic acids is 1. The van der Waals surface area contributed by atoms with Crippen molar-refractivity contribution in [1.82, 2.24) is 10.3 Å². The molecule has 5 nitrogen and oxygen atoms in total. The lowest BCUT2D eigenvalue weighted by molar-refractivity contribution is 0.0970. The molecule has 1 saturated heterocycles. The topological polar surface area (TPSA) is 63.2 Å². The van der Waals surface area contributed by atoms with Crippen LogP contribution in [-0.4, -0.2) is 29.8 Å². The molecule has 1 aromatic heterocycles. The summed E-state index contributed by atoms with van der Waals surface area (Å²) in [6.45, 7) is 4.63. The first-order chi connectivity index (χ1) is 9.10. The Morgan fingerprint density at radius 1 is 1.63 bits per heavy atom. The minimum atomic E-state index is -0.211. The van der Waals surface area contributed by atoms with Crippen molar-refractivity contribution in [3.8, 4) is 0 Å². The van der Waals surface area contributed by atoms with E-state index in [1.54, 1.807) is 6.20 Å². The van der Waals surface area contributed by atoms with Gasteiger partial charge in [-0.3, -0.25) is 4.98 Å². The van der Waals surface area contributed by atoms with Gasteiger partial charge in [-0.25, -0.2) is 4.79 Å². The van der Waals surface area contributed by atoms with Gasteiger partial charge in [0.1, 0.15) is 0 Å². The third-order valence-electron chi connectivity index (χ3n) is 3.23. The Balaban J connectivity index is 1.95. The van der Waals surface area contributed by atoms with Crippen molar-refractivity contribution >= 4 is 27.6 Å². The van der Waals surface area contributed by atoms with Crippen molar-refractivity contribution in [1.29, 1.82) is 0 Å². The van der Waals surface area contributed by atoms with Crippen LogP contribution in [0.15, 0.2) is 16.7 Å². The van der Waals surface area contributed by atoms with Gasteiger partial charge in [-0.15, -0.1) is 0 Å². The molecule has 0 aliphatic carbocycles. The lowest BCUT2D eigenvalue weighted by Crippen LogP contribution is -2.42. The van der Waals surface area contributed by atoms with Crippen molar-refractivity contribution in [2.75, 3.05) is 11.9 Å². The maximum Gasteiger partial charge on any atom is 0.319 e. The van der Waals surface area contributed by atoms with Gasteiger partial charge in [0, 0.05) is 17.3 Å². The summed E-state index contributed by atoms with van der Waals surface area (Å²) in [7, 11) is 0. The minimum absolute atomic E-state index is 0.0884. The highest BCUT2D eigenvalue weighted by atomic mass is 79.9. The molecule has 0 bridgehead atoms. The van der Waals surface area contributed by atoms with Gasteiger partial charge < -0.3 is 15.4 Å². The Kier molecular flexibility index (Phi) is 4.76. The summed E-state index contributed by atoms with van der Waals surface area (Å²) in [5.74, 6) is 0. The van der Waals surface area contributed by atoms with Crippen molar-refractivity contribution < 1.29 is 9.53 Å². The number of amides is 2. The van der Waals surface area contributed by atoms with Gasteiger partial charge in [0.15, 0.2) is 0 Å². The summed E-state index contributed by atoms with van der Waals surface area (Å²) >= 11 is 3.34. The van der Waals surface area contributed by atoms with Crippen molar-refractivity contribution in [3.05, 3.63) is 22.4 Å². The molecule has 2 N–H and O–H groups in total. The molecule has 19 heavy (non-hydrogen) atoms. The molecule has 1 aromatic rings. The number of hydrogen-bond donors (Lipinski definition) is 2. The van der Waals surface area contributed by atoms with Crippen molar-refractivity contribution in [2.24, 2.45) is 0 Å². The number of anilines is 1. The van der Waals surface area contributed by atoms with Crippen molar-refractivity contribution in [2.45, 2.75) is 38.8 Å². The molecule has 0 unspecified atom stereocenters. The number of nitrogens with zero attached hydrogens (tertiary/aromatic N) is 1. The zero-order valence-electron chi connectivity index (χ0n) is 11.1. The molecule has 2 rings (SSSR count). The fourth-order valence-electron chi connectivity index (χ4n) is 2.18. The van der Waals surface area contributed by atoms with E-state index in [0.29, 0.717) is 12.3 Å². The molecular formula is C13H18BrN3O2. The van der Waals surface area contributed by atoms with E-state index in [1.807, 2.05) is 13.0 Å². The minimum Gasteiger partial charge on any atom is -0.376 e. The fraction of sp³-hybridized carbons (Fsp3) is 0.538. The number of rotatable bonds is 3. The predicted octanol–water partition coefficient (Wildman–Crippen LogP) is 2.84. The lowest BCUT2D eigenvalue weighted by atomic mass is 10.1. The predicted molar refractivity (Wildman–Crippen MR) is 77.3 cm³/mol. The van der Waals surface area contributed by atoms with E-state index < -0.39 is 0 Å². The quantitative estimate of drug-likeness (QED) is 0.897. The van der Waals surface area contributed by atoms with Crippen LogP contribution in [0.3, 0.4) is 0 Å². The summed E-state index contributed by atoms with van der Waals surface area (Å²) in [4.78, 5) is 16.2. The number of carbonyl (C=O) groups is 1. The van der Waals surface area contributed by atoms with Gasteiger partial charge in [-0.05, 0) is 41.8 Å². The van der Waals surface area contributed by atoms with Crippen LogP contribution in [0.5, 0.6) is 0 Å². The maximum absolute atomic E-state index is 12.0. The highest BCUT2D eigenvalue weighted by Crippen LogP contribution is 2.19. The Bertz CT molecular complexity index is 467. The van der Waals surface area contributed by atoms with Crippen LogP contribution in [0.25, 0.3) is 0 Å². The molecule has 1 fully saturated rings. The smallest absolute Gasteiger partial charge is 0.319 e. The first-order valence-electron chi connectivity index (χ1n) is 6.41. The Labute approximate surface area is 121 Å². The molecular weight excluding hydrogens is 310 g/mol. The average Bonchev–Trinajstić information content (AvgIpc) is 2.81. The average molecular weight is 328 g/mol. The molecule has 1 aliphatic rings. The lowest BCUT2D eigenvalue weighted by Gasteiger charge is -2.19. The van der Waals surface area contributed by atoms with Crippen LogP contribution in [0.2, 0.25) is 0 Å². The molecule has 0 aromatic carbocycles. The Morgan fingerprint density at radius 3 is 3.16 bits per heavy atom. The van der Waals surface area contributed by atoms with Crippen LogP contribution in [-0.2, 0) is 4.74 Å². The van der Waals surface area contributed by atoms with Crippen LogP contribution < -0.4 is 10.6 Å². The number of ether oxygens (including phenoxy) is 1. The zero-order valence-corrected chi connectivity index (χ0v) is 12.7. The Hall–Kier alpha value is -1.14. The summed E-state index contributed by atoms with van der Waals surface area (Å²) in [5.41, 5.74) is 1.49. The molecule has 2 heterocycles. The fourth-order valence-corrected chi connectivity index (χ4v) is 2.51. The number of aryl methyl sites for hydroxylation is 1. The number of hydrogen-bond acceptors (Lipinski definition) is 3. The molecule has 104 valence electrons. The van der Waals surface area contributed by atoms with E-state index >= 15 is 0 Å². The molecule has 2 amide bonds. The monoisotopic (exact) mass is 327 g/mol. The summed E-state index contributed by atoms with van der Waals surface area (Å²) < 4.78 is 6.38. The second-order valence-electron chi connectivity index (χ2n) is 4.60. The van der Waals surface area contributed by atoms with Crippen LogP contribution in [0.4, 0.5) is 10.5 Å². The Morgan fingerprint density at radius 2 is 2.42 bits per heavy atom.